The van der Waals surface area contributed by atoms with E-state index in [1.807, 2.05) is 30.3 Å². The molecule has 27 heavy (non-hydrogen) atoms. The molecule has 0 fully saturated rings. The molecule has 3 N–H and O–H groups in total. The number of aliphatic carboxylic acids is 1. The van der Waals surface area contributed by atoms with Crippen molar-refractivity contribution in [3.05, 3.63) is 76.4 Å². The molecular weight excluding hydrogens is 412 g/mol. The lowest BCUT2D eigenvalue weighted by molar-refractivity contribution is -0.136. The number of carboxylic acid groups (broad SMARTS) is 1. The maximum absolute atomic E-state index is 12.6. The van der Waals surface area contributed by atoms with Crippen LogP contribution in [0.4, 0.5) is 0 Å². The third-order valence-corrected chi connectivity index (χ3v) is 4.57. The number of hydrogen-bond acceptors (Lipinski definition) is 3. The number of hydrogen-bond donors (Lipinski definition) is 3. The quantitative estimate of drug-likeness (QED) is 0.552. The molecule has 0 radical (unpaired) electrons. The number of benzene rings is 2. The third-order valence-electron chi connectivity index (χ3n) is 4.04. The molecule has 0 atom stereocenters. The Labute approximate surface area is 164 Å². The Bertz CT molecular complexity index is 963. The zero-order valence-electron chi connectivity index (χ0n) is 14.2. The van der Waals surface area contributed by atoms with Crippen LogP contribution in [0.15, 0.2) is 65.1 Å². The number of halogens is 1. The molecule has 0 aliphatic carbocycles. The summed E-state index contributed by atoms with van der Waals surface area (Å²) in [5, 5.41) is 18.4. The first-order chi connectivity index (χ1) is 12.9. The Hall–Kier alpha value is -3.06. The number of rotatable bonds is 6. The number of nitrogens with zero attached hydrogens (tertiary/aromatic N) is 1. The van der Waals surface area contributed by atoms with Gasteiger partial charge in [0.2, 0.25) is 0 Å². The minimum absolute atomic E-state index is 0.0428. The Balaban J connectivity index is 1.95. The van der Waals surface area contributed by atoms with Crippen molar-refractivity contribution in [2.45, 2.75) is 12.8 Å². The molecule has 0 spiro atoms. The third kappa shape index (κ3) is 4.57. The van der Waals surface area contributed by atoms with E-state index in [1.165, 1.54) is 24.3 Å². The topological polar surface area (TPSA) is 91.6 Å². The molecule has 1 aromatic heterocycles. The Morgan fingerprint density at radius 3 is 2.26 bits per heavy atom. The lowest BCUT2D eigenvalue weighted by atomic mass is 10.1. The summed E-state index contributed by atoms with van der Waals surface area (Å²) in [7, 11) is 0. The van der Waals surface area contributed by atoms with Crippen molar-refractivity contribution < 1.29 is 19.8 Å². The van der Waals surface area contributed by atoms with Crippen LogP contribution in [-0.4, -0.2) is 26.8 Å². The van der Waals surface area contributed by atoms with E-state index < -0.39 is 5.97 Å². The van der Waals surface area contributed by atoms with Gasteiger partial charge in [0.1, 0.15) is 5.75 Å². The summed E-state index contributed by atoms with van der Waals surface area (Å²) in [6.07, 6.45) is 0.237. The number of aromatic hydroxyl groups is 1. The van der Waals surface area contributed by atoms with Crippen molar-refractivity contribution in [2.75, 3.05) is 5.43 Å². The summed E-state index contributed by atoms with van der Waals surface area (Å²) in [5.41, 5.74) is 5.51. The van der Waals surface area contributed by atoms with Gasteiger partial charge in [0, 0.05) is 27.7 Å². The zero-order valence-corrected chi connectivity index (χ0v) is 15.8. The summed E-state index contributed by atoms with van der Waals surface area (Å²) in [4.78, 5) is 23.6. The molecule has 0 aliphatic heterocycles. The standard InChI is InChI=1S/C20H17BrN2O4/c21-15-5-1-13(2-6-15)18-11-7-16(8-12-19(25)26)23(18)22-20(27)14-3-9-17(24)10-4-14/h1-7,9-11,24H,8,12H2,(H,22,27)(H,25,26). The van der Waals surface area contributed by atoms with Gasteiger partial charge in [-0.3, -0.25) is 19.7 Å². The van der Waals surface area contributed by atoms with E-state index in [1.54, 1.807) is 10.7 Å². The second-order valence-corrected chi connectivity index (χ2v) is 6.85. The molecule has 2 aromatic carbocycles. The van der Waals surface area contributed by atoms with Crippen molar-refractivity contribution in [1.29, 1.82) is 0 Å². The van der Waals surface area contributed by atoms with Crippen LogP contribution in [0.2, 0.25) is 0 Å². The maximum Gasteiger partial charge on any atom is 0.303 e. The molecular formula is C20H17BrN2O4. The molecule has 3 rings (SSSR count). The van der Waals surface area contributed by atoms with E-state index in [4.69, 9.17) is 5.11 Å². The number of aromatic nitrogens is 1. The zero-order chi connectivity index (χ0) is 19.4. The molecule has 3 aromatic rings. The van der Waals surface area contributed by atoms with E-state index in [2.05, 4.69) is 21.4 Å². The molecule has 0 saturated heterocycles. The highest BCUT2D eigenvalue weighted by Gasteiger charge is 2.15. The second-order valence-electron chi connectivity index (χ2n) is 5.93. The maximum atomic E-state index is 12.6. The molecule has 6 nitrogen and oxygen atoms in total. The predicted molar refractivity (Wildman–Crippen MR) is 105 cm³/mol. The average molecular weight is 429 g/mol. The Morgan fingerprint density at radius 1 is 0.963 bits per heavy atom. The van der Waals surface area contributed by atoms with Gasteiger partial charge in [-0.2, -0.15) is 0 Å². The first-order valence-corrected chi connectivity index (χ1v) is 9.02. The fourth-order valence-electron chi connectivity index (χ4n) is 2.67. The highest BCUT2D eigenvalue weighted by molar-refractivity contribution is 9.10. The number of phenols is 1. The van der Waals surface area contributed by atoms with E-state index in [0.29, 0.717) is 11.3 Å². The first kappa shape index (κ1) is 18.7. The molecule has 0 unspecified atom stereocenters. The lowest BCUT2D eigenvalue weighted by Gasteiger charge is -2.15. The molecule has 0 aliphatic rings. The number of aryl methyl sites for hydroxylation is 1. The summed E-state index contributed by atoms with van der Waals surface area (Å²) in [5.74, 6) is -1.19. The molecule has 1 heterocycles. The van der Waals surface area contributed by atoms with Gasteiger partial charge < -0.3 is 10.2 Å². The van der Waals surface area contributed by atoms with Gasteiger partial charge in [0.15, 0.2) is 0 Å². The smallest absolute Gasteiger partial charge is 0.303 e. The number of phenolic OH excluding ortho intramolecular Hbond substituents is 1. The van der Waals surface area contributed by atoms with Gasteiger partial charge >= 0.3 is 5.97 Å². The van der Waals surface area contributed by atoms with Crippen molar-refractivity contribution in [3.63, 3.8) is 0 Å². The lowest BCUT2D eigenvalue weighted by Crippen LogP contribution is -2.25. The van der Waals surface area contributed by atoms with Crippen LogP contribution in [0.5, 0.6) is 5.75 Å². The van der Waals surface area contributed by atoms with Gasteiger partial charge in [-0.25, -0.2) is 0 Å². The van der Waals surface area contributed by atoms with Gasteiger partial charge in [-0.15, -0.1) is 0 Å². The fourth-order valence-corrected chi connectivity index (χ4v) is 2.93. The molecule has 1 amide bonds. The highest BCUT2D eigenvalue weighted by Crippen LogP contribution is 2.24. The predicted octanol–water partition coefficient (Wildman–Crippen LogP) is 4.02. The molecule has 7 heteroatoms. The van der Waals surface area contributed by atoms with Crippen molar-refractivity contribution in [1.82, 2.24) is 4.68 Å². The monoisotopic (exact) mass is 428 g/mol. The molecule has 0 bridgehead atoms. The molecule has 138 valence electrons. The Morgan fingerprint density at radius 2 is 1.63 bits per heavy atom. The van der Waals surface area contributed by atoms with E-state index in [0.717, 1.165) is 15.7 Å². The number of carbonyl (C=O) groups is 2. The van der Waals surface area contributed by atoms with E-state index >= 15 is 0 Å². The van der Waals surface area contributed by atoms with Crippen molar-refractivity contribution in [2.24, 2.45) is 0 Å². The number of amides is 1. The highest BCUT2D eigenvalue weighted by atomic mass is 79.9. The SMILES string of the molecule is O=C(O)CCc1ccc(-c2ccc(Br)cc2)n1NC(=O)c1ccc(O)cc1. The van der Waals surface area contributed by atoms with Crippen molar-refractivity contribution >= 4 is 27.8 Å². The van der Waals surface area contributed by atoms with Crippen LogP contribution in [0, 0.1) is 0 Å². The van der Waals surface area contributed by atoms with E-state index in [9.17, 15) is 14.7 Å². The number of nitrogens with one attached hydrogen (secondary N) is 1. The normalized spacial score (nSPS) is 10.6. The largest absolute Gasteiger partial charge is 0.508 e. The summed E-state index contributed by atoms with van der Waals surface area (Å²) < 4.78 is 2.55. The average Bonchev–Trinajstić information content (AvgIpc) is 3.03. The Kier molecular flexibility index (Phi) is 5.61. The van der Waals surface area contributed by atoms with Gasteiger partial charge in [0.05, 0.1) is 12.1 Å². The number of carboxylic acids is 1. The first-order valence-electron chi connectivity index (χ1n) is 8.23. The van der Waals surface area contributed by atoms with Crippen LogP contribution in [0.3, 0.4) is 0 Å². The summed E-state index contributed by atoms with van der Waals surface area (Å²) >= 11 is 3.40. The van der Waals surface area contributed by atoms with Gasteiger partial charge in [0.25, 0.3) is 5.91 Å². The minimum Gasteiger partial charge on any atom is -0.508 e. The van der Waals surface area contributed by atoms with Gasteiger partial charge in [-0.1, -0.05) is 28.1 Å². The summed E-state index contributed by atoms with van der Waals surface area (Å²) in [6.45, 7) is 0. The van der Waals surface area contributed by atoms with Crippen LogP contribution in [0.1, 0.15) is 22.5 Å². The summed E-state index contributed by atoms with van der Waals surface area (Å²) in [6, 6.07) is 17.2. The fraction of sp³-hybridized carbons (Fsp3) is 0.100. The van der Waals surface area contributed by atoms with Crippen LogP contribution < -0.4 is 5.43 Å². The van der Waals surface area contributed by atoms with Crippen LogP contribution in [0.25, 0.3) is 11.3 Å². The number of carbonyl (C=O) groups excluding carboxylic acids is 1. The van der Waals surface area contributed by atoms with Crippen LogP contribution in [-0.2, 0) is 11.2 Å². The minimum atomic E-state index is -0.905. The van der Waals surface area contributed by atoms with Crippen molar-refractivity contribution in [3.8, 4) is 17.0 Å². The van der Waals surface area contributed by atoms with Crippen LogP contribution >= 0.6 is 15.9 Å². The second kappa shape index (κ2) is 8.09. The molecule has 0 saturated carbocycles. The van der Waals surface area contributed by atoms with E-state index in [-0.39, 0.29) is 24.5 Å². The van der Waals surface area contributed by atoms with Gasteiger partial charge in [-0.05, 0) is 48.5 Å².